The zero-order chi connectivity index (χ0) is 26.6. The number of halogens is 1. The number of nitrogens with one attached hydrogen (secondary N) is 2. The van der Waals surface area contributed by atoms with Crippen molar-refractivity contribution in [2.45, 2.75) is 25.5 Å². The molecule has 0 saturated carbocycles. The van der Waals surface area contributed by atoms with Crippen LogP contribution in [-0.4, -0.2) is 55.5 Å². The molecule has 2 aromatic heterocycles. The summed E-state index contributed by atoms with van der Waals surface area (Å²) in [5.74, 6) is -0.254. The Balaban J connectivity index is 1.60. The van der Waals surface area contributed by atoms with Crippen LogP contribution in [0.5, 0.6) is 0 Å². The minimum Gasteiger partial charge on any atom is -0.353 e. The minimum atomic E-state index is -3.78. The molecule has 37 heavy (non-hydrogen) atoms. The van der Waals surface area contributed by atoms with E-state index in [4.69, 9.17) is 0 Å². The molecule has 0 saturated heterocycles. The van der Waals surface area contributed by atoms with Crippen molar-refractivity contribution in [2.75, 3.05) is 37.2 Å². The maximum Gasteiger partial charge on any atom is 0.237 e. The van der Waals surface area contributed by atoms with E-state index < -0.39 is 15.8 Å². The predicted octanol–water partition coefficient (Wildman–Crippen LogP) is 4.87. The molecule has 8 nitrogen and oxygen atoms in total. The largest absolute Gasteiger partial charge is 0.353 e. The first kappa shape index (κ1) is 26.4. The topological polar surface area (TPSA) is 100 Å². The summed E-state index contributed by atoms with van der Waals surface area (Å²) in [6, 6.07) is 15.0. The van der Waals surface area contributed by atoms with Crippen molar-refractivity contribution in [2.24, 2.45) is 0 Å². The minimum absolute atomic E-state index is 0.110. The molecule has 2 aromatic carbocycles. The summed E-state index contributed by atoms with van der Waals surface area (Å²) in [4.78, 5) is 15.8. The van der Waals surface area contributed by atoms with Crippen LogP contribution in [0.15, 0.2) is 60.8 Å². The van der Waals surface area contributed by atoms with Crippen LogP contribution in [0.1, 0.15) is 30.9 Å². The second-order valence-corrected chi connectivity index (χ2v) is 11.2. The first-order valence-corrected chi connectivity index (χ1v) is 13.7. The molecule has 4 aromatic rings. The van der Waals surface area contributed by atoms with Crippen molar-refractivity contribution < 1.29 is 12.8 Å². The van der Waals surface area contributed by atoms with Gasteiger partial charge in [-0.3, -0.25) is 4.72 Å². The van der Waals surface area contributed by atoms with Crippen LogP contribution in [0, 0.1) is 5.82 Å². The lowest BCUT2D eigenvalue weighted by molar-refractivity contribution is 0.425. The highest BCUT2D eigenvalue weighted by Gasteiger charge is 2.17. The third kappa shape index (κ3) is 6.78. The first-order chi connectivity index (χ1) is 17.6. The lowest BCUT2D eigenvalue weighted by Crippen LogP contribution is -2.21. The predicted molar refractivity (Wildman–Crippen MR) is 147 cm³/mol. The number of anilines is 2. The zero-order valence-corrected chi connectivity index (χ0v) is 22.2. The van der Waals surface area contributed by atoms with Crippen molar-refractivity contribution in [3.8, 4) is 11.3 Å². The van der Waals surface area contributed by atoms with Crippen molar-refractivity contribution in [1.82, 2.24) is 19.9 Å². The van der Waals surface area contributed by atoms with Crippen LogP contribution in [0.4, 0.5) is 16.0 Å². The molecule has 0 radical (unpaired) electrons. The molecule has 0 aliphatic rings. The molecule has 194 valence electrons. The summed E-state index contributed by atoms with van der Waals surface area (Å²) < 4.78 is 42.5. The van der Waals surface area contributed by atoms with Gasteiger partial charge >= 0.3 is 0 Å². The lowest BCUT2D eigenvalue weighted by atomic mass is 9.99. The highest BCUT2D eigenvalue weighted by atomic mass is 32.2. The molecule has 0 bridgehead atoms. The number of benzene rings is 2. The van der Waals surface area contributed by atoms with E-state index in [9.17, 15) is 8.42 Å². The monoisotopic (exact) mass is 522 g/mol. The zero-order valence-electron chi connectivity index (χ0n) is 21.4. The summed E-state index contributed by atoms with van der Waals surface area (Å²) >= 11 is 0. The fourth-order valence-corrected chi connectivity index (χ4v) is 5.07. The quantitative estimate of drug-likeness (QED) is 0.306. The number of aromatic nitrogens is 3. The number of fused-ring (bicyclic) bond motifs is 1. The second-order valence-electron chi connectivity index (χ2n) is 9.45. The van der Waals surface area contributed by atoms with E-state index in [1.807, 2.05) is 26.2 Å². The molecular weight excluding hydrogens is 491 g/mol. The first-order valence-electron chi connectivity index (χ1n) is 12.0. The SMILES string of the molecule is CC(C)c1cc(-c2ccc(NS(=O)(=O)Cc3ccccc3)c(F)c2)nc2cnc(NCCN(C)C)nc12. The van der Waals surface area contributed by atoms with Gasteiger partial charge in [0.05, 0.1) is 28.8 Å². The van der Waals surface area contributed by atoms with Gasteiger partial charge in [0, 0.05) is 18.7 Å². The highest BCUT2D eigenvalue weighted by molar-refractivity contribution is 7.91. The number of pyridine rings is 1. The molecule has 0 atom stereocenters. The molecule has 0 aliphatic heterocycles. The van der Waals surface area contributed by atoms with E-state index in [0.717, 1.165) is 17.6 Å². The van der Waals surface area contributed by atoms with E-state index in [0.29, 0.717) is 34.8 Å². The van der Waals surface area contributed by atoms with Gasteiger partial charge in [-0.05, 0) is 49.3 Å². The third-order valence-corrected chi connectivity index (χ3v) is 7.01. The average molecular weight is 523 g/mol. The van der Waals surface area contributed by atoms with Gasteiger partial charge in [0.1, 0.15) is 11.3 Å². The standard InChI is InChI=1S/C27H31FN6O2S/c1-18(2)21-15-24(31-25-16-30-27(32-26(21)25)29-12-13-34(3)4)20-10-11-23(22(28)14-20)33-37(35,36)17-19-8-6-5-7-9-19/h5-11,14-16,18,33H,12-13,17H2,1-4H3,(H,29,30,32). The van der Waals surface area contributed by atoms with E-state index in [1.165, 1.54) is 12.1 Å². The van der Waals surface area contributed by atoms with Crippen LogP contribution in [0.2, 0.25) is 0 Å². The molecule has 2 N–H and O–H groups in total. The van der Waals surface area contributed by atoms with Crippen LogP contribution >= 0.6 is 0 Å². The van der Waals surface area contributed by atoms with Crippen LogP contribution in [0.25, 0.3) is 22.3 Å². The normalized spacial score (nSPS) is 11.9. The van der Waals surface area contributed by atoms with Crippen molar-refractivity contribution in [1.29, 1.82) is 0 Å². The van der Waals surface area contributed by atoms with Gasteiger partial charge < -0.3 is 10.2 Å². The molecule has 2 heterocycles. The van der Waals surface area contributed by atoms with Crippen LogP contribution in [0.3, 0.4) is 0 Å². The van der Waals surface area contributed by atoms with Gasteiger partial charge in [0.15, 0.2) is 0 Å². The van der Waals surface area contributed by atoms with Crippen LogP contribution < -0.4 is 10.0 Å². The van der Waals surface area contributed by atoms with Crippen molar-refractivity contribution in [3.63, 3.8) is 0 Å². The van der Waals surface area contributed by atoms with Gasteiger partial charge in [-0.2, -0.15) is 0 Å². The Hall–Kier alpha value is -3.63. The third-order valence-electron chi connectivity index (χ3n) is 5.77. The molecule has 0 spiro atoms. The van der Waals surface area contributed by atoms with Crippen LogP contribution in [-0.2, 0) is 15.8 Å². The summed E-state index contributed by atoms with van der Waals surface area (Å²) in [6.07, 6.45) is 1.66. The molecular formula is C27H31FN6O2S. The summed E-state index contributed by atoms with van der Waals surface area (Å²) in [5.41, 5.74) is 3.91. The Bertz CT molecular complexity index is 1490. The van der Waals surface area contributed by atoms with E-state index in [1.54, 1.807) is 36.5 Å². The second kappa shape index (κ2) is 11.2. The van der Waals surface area contributed by atoms with E-state index in [-0.39, 0.29) is 17.4 Å². The molecule has 0 aliphatic carbocycles. The Labute approximate surface area is 217 Å². The molecule has 10 heteroatoms. The lowest BCUT2D eigenvalue weighted by Gasteiger charge is -2.14. The van der Waals surface area contributed by atoms with Gasteiger partial charge in [-0.15, -0.1) is 0 Å². The fraction of sp³-hybridized carbons (Fsp3) is 0.296. The molecule has 0 amide bonds. The van der Waals surface area contributed by atoms with Crippen molar-refractivity contribution in [3.05, 3.63) is 77.7 Å². The number of sulfonamides is 1. The smallest absolute Gasteiger partial charge is 0.237 e. The summed E-state index contributed by atoms with van der Waals surface area (Å²) in [6.45, 7) is 5.68. The van der Waals surface area contributed by atoms with E-state index >= 15 is 4.39 Å². The molecule has 0 unspecified atom stereocenters. The summed E-state index contributed by atoms with van der Waals surface area (Å²) in [5, 5.41) is 3.23. The van der Waals surface area contributed by atoms with Crippen molar-refractivity contribution >= 4 is 32.7 Å². The number of rotatable bonds is 10. The fourth-order valence-electron chi connectivity index (χ4n) is 3.87. The van der Waals surface area contributed by atoms with Gasteiger partial charge in [0.2, 0.25) is 16.0 Å². The van der Waals surface area contributed by atoms with Gasteiger partial charge in [-0.25, -0.2) is 27.8 Å². The summed E-state index contributed by atoms with van der Waals surface area (Å²) in [7, 11) is 0.220. The van der Waals surface area contributed by atoms with Gasteiger partial charge in [0.25, 0.3) is 0 Å². The number of hydrogen-bond donors (Lipinski definition) is 2. The maximum absolute atomic E-state index is 15.0. The Morgan fingerprint density at radius 1 is 1.03 bits per heavy atom. The molecule has 4 rings (SSSR count). The van der Waals surface area contributed by atoms with E-state index in [2.05, 4.69) is 43.7 Å². The Morgan fingerprint density at radius 3 is 2.46 bits per heavy atom. The Morgan fingerprint density at radius 2 is 1.78 bits per heavy atom. The number of nitrogens with zero attached hydrogens (tertiary/aromatic N) is 4. The Kier molecular flexibility index (Phi) is 7.99. The highest BCUT2D eigenvalue weighted by Crippen LogP contribution is 2.30. The van der Waals surface area contributed by atoms with Gasteiger partial charge in [-0.1, -0.05) is 50.2 Å². The average Bonchev–Trinajstić information content (AvgIpc) is 2.84. The molecule has 0 fully saturated rings. The number of hydrogen-bond acceptors (Lipinski definition) is 7. The maximum atomic E-state index is 15.0. The number of likely N-dealkylation sites (N-methyl/N-ethyl adjacent to an activating group) is 1.